The van der Waals surface area contributed by atoms with Gasteiger partial charge in [0.2, 0.25) is 0 Å². The van der Waals surface area contributed by atoms with Gasteiger partial charge >= 0.3 is 0 Å². The predicted molar refractivity (Wildman–Crippen MR) is 49.6 cm³/mol. The van der Waals surface area contributed by atoms with Crippen LogP contribution in [0, 0.1) is 0 Å². The molecule has 0 heterocycles. The molecule has 0 spiro atoms. The van der Waals surface area contributed by atoms with E-state index in [-0.39, 0.29) is 0 Å². The van der Waals surface area contributed by atoms with Crippen LogP contribution < -0.4 is 9.47 Å². The van der Waals surface area contributed by atoms with Gasteiger partial charge in [-0.1, -0.05) is 24.8 Å². The molecule has 64 valence electrons. The molecule has 0 saturated carbocycles. The maximum atomic E-state index is 5.16. The summed E-state index contributed by atoms with van der Waals surface area (Å²) in [6.45, 7) is 3.68. The first-order valence-electron chi connectivity index (χ1n) is 3.67. The second-order valence-corrected chi connectivity index (χ2v) is 2.29. The summed E-state index contributed by atoms with van der Waals surface area (Å²) < 4.78 is 10.3. The second kappa shape index (κ2) is 3.81. The molecule has 1 rings (SSSR count). The van der Waals surface area contributed by atoms with Gasteiger partial charge in [-0.2, -0.15) is 0 Å². The summed E-state index contributed by atoms with van der Waals surface area (Å²) in [4.78, 5) is 0. The van der Waals surface area contributed by atoms with Crippen molar-refractivity contribution in [1.29, 1.82) is 0 Å². The summed E-state index contributed by atoms with van der Waals surface area (Å²) in [5, 5.41) is 0. The number of benzene rings is 1. The Morgan fingerprint density at radius 3 is 2.50 bits per heavy atom. The summed E-state index contributed by atoms with van der Waals surface area (Å²) in [7, 11) is 3.23. The summed E-state index contributed by atoms with van der Waals surface area (Å²) >= 11 is 0. The summed E-state index contributed by atoms with van der Waals surface area (Å²) in [6.07, 6.45) is 1.74. The van der Waals surface area contributed by atoms with Crippen LogP contribution in [0.5, 0.6) is 11.5 Å². The maximum Gasteiger partial charge on any atom is 0.167 e. The number of rotatable bonds is 3. The van der Waals surface area contributed by atoms with E-state index >= 15 is 0 Å². The molecule has 0 atom stereocenters. The van der Waals surface area contributed by atoms with Gasteiger partial charge in [-0.3, -0.25) is 0 Å². The molecule has 0 N–H and O–H groups in total. The van der Waals surface area contributed by atoms with E-state index in [9.17, 15) is 0 Å². The van der Waals surface area contributed by atoms with Crippen molar-refractivity contribution in [2.24, 2.45) is 0 Å². The molecule has 0 radical (unpaired) electrons. The number of hydrogen-bond acceptors (Lipinski definition) is 2. The molecule has 0 aliphatic heterocycles. The maximum absolute atomic E-state index is 5.16. The molecule has 1 aromatic rings. The molecule has 0 aromatic heterocycles. The van der Waals surface area contributed by atoms with Gasteiger partial charge in [-0.05, 0) is 6.07 Å². The van der Waals surface area contributed by atoms with E-state index in [2.05, 4.69) is 6.58 Å². The summed E-state index contributed by atoms with van der Waals surface area (Å²) in [5.41, 5.74) is 0.942. The third-order valence-corrected chi connectivity index (χ3v) is 1.65. The fraction of sp³-hybridized carbons (Fsp3) is 0.200. The molecular formula is C10H12O2. The molecule has 12 heavy (non-hydrogen) atoms. The average molecular weight is 164 g/mol. The minimum absolute atomic E-state index is 0.731. The van der Waals surface area contributed by atoms with Crippen LogP contribution in [0.15, 0.2) is 24.8 Å². The Labute approximate surface area is 72.4 Å². The molecule has 0 fully saturated rings. The first-order valence-corrected chi connectivity index (χ1v) is 3.67. The van der Waals surface area contributed by atoms with Crippen molar-refractivity contribution < 1.29 is 9.47 Å². The van der Waals surface area contributed by atoms with Crippen molar-refractivity contribution in [2.75, 3.05) is 14.2 Å². The van der Waals surface area contributed by atoms with Gasteiger partial charge in [-0.25, -0.2) is 0 Å². The fourth-order valence-electron chi connectivity index (χ4n) is 1.07. The van der Waals surface area contributed by atoms with Crippen molar-refractivity contribution in [3.05, 3.63) is 30.3 Å². The van der Waals surface area contributed by atoms with Crippen LogP contribution >= 0.6 is 0 Å². The highest BCUT2D eigenvalue weighted by atomic mass is 16.5. The van der Waals surface area contributed by atoms with Crippen molar-refractivity contribution in [3.63, 3.8) is 0 Å². The smallest absolute Gasteiger partial charge is 0.167 e. The van der Waals surface area contributed by atoms with E-state index < -0.39 is 0 Å². The Balaban J connectivity index is 3.21. The van der Waals surface area contributed by atoms with Crippen LogP contribution in [-0.4, -0.2) is 14.2 Å². The Hall–Kier alpha value is -1.44. The van der Waals surface area contributed by atoms with E-state index in [1.54, 1.807) is 20.3 Å². The first-order chi connectivity index (χ1) is 5.83. The van der Waals surface area contributed by atoms with E-state index in [1.165, 1.54) is 0 Å². The minimum atomic E-state index is 0.731. The van der Waals surface area contributed by atoms with Crippen LogP contribution in [0.25, 0.3) is 6.08 Å². The lowest BCUT2D eigenvalue weighted by molar-refractivity contribution is 0.354. The number of methoxy groups -OCH3 is 2. The van der Waals surface area contributed by atoms with E-state index in [4.69, 9.17) is 9.47 Å². The number of hydrogen-bond donors (Lipinski definition) is 0. The molecule has 0 saturated heterocycles. The van der Waals surface area contributed by atoms with Gasteiger partial charge in [-0.15, -0.1) is 0 Å². The van der Waals surface area contributed by atoms with Crippen molar-refractivity contribution in [3.8, 4) is 11.5 Å². The Bertz CT molecular complexity index is 279. The normalized spacial score (nSPS) is 9.17. The molecule has 0 amide bonds. The zero-order valence-corrected chi connectivity index (χ0v) is 7.33. The Morgan fingerprint density at radius 2 is 2.00 bits per heavy atom. The molecule has 2 nitrogen and oxygen atoms in total. The summed E-state index contributed by atoms with van der Waals surface area (Å²) in [6, 6.07) is 5.68. The molecule has 0 aliphatic rings. The fourth-order valence-corrected chi connectivity index (χ4v) is 1.07. The molecular weight excluding hydrogens is 152 g/mol. The molecule has 0 bridgehead atoms. The highest BCUT2D eigenvalue weighted by molar-refractivity contribution is 5.60. The van der Waals surface area contributed by atoms with Crippen LogP contribution in [0.2, 0.25) is 0 Å². The van der Waals surface area contributed by atoms with Gasteiger partial charge in [0.25, 0.3) is 0 Å². The van der Waals surface area contributed by atoms with Gasteiger partial charge in [0.1, 0.15) is 0 Å². The number of ether oxygens (including phenoxy) is 2. The number of para-hydroxylation sites is 1. The third-order valence-electron chi connectivity index (χ3n) is 1.65. The average Bonchev–Trinajstić information content (AvgIpc) is 2.16. The van der Waals surface area contributed by atoms with Gasteiger partial charge in [0.05, 0.1) is 14.2 Å². The second-order valence-electron chi connectivity index (χ2n) is 2.29. The van der Waals surface area contributed by atoms with E-state index in [0.29, 0.717) is 0 Å². The van der Waals surface area contributed by atoms with Gasteiger partial charge < -0.3 is 9.47 Å². The lowest BCUT2D eigenvalue weighted by Gasteiger charge is -2.09. The predicted octanol–water partition coefficient (Wildman–Crippen LogP) is 2.35. The Kier molecular flexibility index (Phi) is 2.75. The largest absolute Gasteiger partial charge is 0.493 e. The van der Waals surface area contributed by atoms with Crippen LogP contribution in [-0.2, 0) is 0 Å². The lowest BCUT2D eigenvalue weighted by Crippen LogP contribution is -1.91. The minimum Gasteiger partial charge on any atom is -0.493 e. The van der Waals surface area contributed by atoms with Crippen molar-refractivity contribution in [2.45, 2.75) is 0 Å². The van der Waals surface area contributed by atoms with Crippen LogP contribution in [0.4, 0.5) is 0 Å². The molecule has 1 aromatic carbocycles. The van der Waals surface area contributed by atoms with Crippen LogP contribution in [0.1, 0.15) is 5.56 Å². The Morgan fingerprint density at radius 1 is 1.25 bits per heavy atom. The van der Waals surface area contributed by atoms with Crippen LogP contribution in [0.3, 0.4) is 0 Å². The van der Waals surface area contributed by atoms with Crippen molar-refractivity contribution in [1.82, 2.24) is 0 Å². The molecule has 0 unspecified atom stereocenters. The first kappa shape index (κ1) is 8.65. The van der Waals surface area contributed by atoms with Gasteiger partial charge in [0.15, 0.2) is 11.5 Å². The molecule has 2 heteroatoms. The highest BCUT2D eigenvalue weighted by Gasteiger charge is 2.05. The standard InChI is InChI=1S/C10H12O2/c1-4-8-6-5-7-9(11-2)10(8)12-3/h4-7H,1H2,2-3H3. The summed E-state index contributed by atoms with van der Waals surface area (Å²) in [5.74, 6) is 1.46. The SMILES string of the molecule is C=Cc1cccc(OC)c1OC. The van der Waals surface area contributed by atoms with Crippen molar-refractivity contribution >= 4 is 6.08 Å². The molecule has 0 aliphatic carbocycles. The lowest BCUT2D eigenvalue weighted by atomic mass is 10.2. The zero-order valence-electron chi connectivity index (χ0n) is 7.33. The van der Waals surface area contributed by atoms with Gasteiger partial charge in [0, 0.05) is 5.56 Å². The zero-order chi connectivity index (χ0) is 8.97. The quantitative estimate of drug-likeness (QED) is 0.682. The van der Waals surface area contributed by atoms with E-state index in [1.807, 2.05) is 18.2 Å². The monoisotopic (exact) mass is 164 g/mol. The topological polar surface area (TPSA) is 18.5 Å². The van der Waals surface area contributed by atoms with E-state index in [0.717, 1.165) is 17.1 Å². The highest BCUT2D eigenvalue weighted by Crippen LogP contribution is 2.30. The third kappa shape index (κ3) is 1.42.